The molecular weight excluding hydrogens is 245 g/mol. The van der Waals surface area contributed by atoms with Gasteiger partial charge >= 0.3 is 12.1 Å². The van der Waals surface area contributed by atoms with Crippen LogP contribution in [-0.4, -0.2) is 18.3 Å². The van der Waals surface area contributed by atoms with E-state index in [1.165, 1.54) is 7.11 Å². The minimum absolute atomic E-state index is 0.420. The molecule has 2 nitrogen and oxygen atoms in total. The standard InChI is InChI=1S/C10H10F5NO/c1-6(17-2)7-3-4-8(16-5-7)9(11,12)10(13,14)15/h3-6H,1-2H3. The molecular formula is C10H10F5NO. The first-order valence-electron chi connectivity index (χ1n) is 4.64. The molecule has 1 aromatic heterocycles. The van der Waals surface area contributed by atoms with Crippen LogP contribution in [-0.2, 0) is 10.7 Å². The van der Waals surface area contributed by atoms with Gasteiger partial charge in [0.2, 0.25) is 0 Å². The Morgan fingerprint density at radius 3 is 2.12 bits per heavy atom. The van der Waals surface area contributed by atoms with Gasteiger partial charge < -0.3 is 4.74 Å². The molecule has 0 bridgehead atoms. The predicted molar refractivity (Wildman–Crippen MR) is 49.6 cm³/mol. The molecule has 0 aliphatic carbocycles. The van der Waals surface area contributed by atoms with Gasteiger partial charge in [-0.1, -0.05) is 6.07 Å². The van der Waals surface area contributed by atoms with E-state index in [4.69, 9.17) is 4.74 Å². The van der Waals surface area contributed by atoms with Gasteiger partial charge in [0, 0.05) is 13.3 Å². The maximum absolute atomic E-state index is 12.9. The Balaban J connectivity index is 3.03. The summed E-state index contributed by atoms with van der Waals surface area (Å²) in [7, 11) is 1.39. The molecule has 0 saturated heterocycles. The van der Waals surface area contributed by atoms with Gasteiger partial charge in [-0.25, -0.2) is 0 Å². The highest BCUT2D eigenvalue weighted by atomic mass is 19.4. The molecule has 7 heteroatoms. The molecule has 1 aromatic rings. The number of methoxy groups -OCH3 is 1. The zero-order chi connectivity index (χ0) is 13.3. The van der Waals surface area contributed by atoms with E-state index in [0.29, 0.717) is 11.6 Å². The molecule has 0 spiro atoms. The zero-order valence-corrected chi connectivity index (χ0v) is 9.05. The summed E-state index contributed by atoms with van der Waals surface area (Å²) in [6, 6.07) is 1.79. The Kier molecular flexibility index (Phi) is 3.71. The van der Waals surface area contributed by atoms with Crippen molar-refractivity contribution < 1.29 is 26.7 Å². The molecule has 0 radical (unpaired) electrons. The summed E-state index contributed by atoms with van der Waals surface area (Å²) < 4.78 is 66.7. The second-order valence-electron chi connectivity index (χ2n) is 3.43. The first-order valence-corrected chi connectivity index (χ1v) is 4.64. The van der Waals surface area contributed by atoms with E-state index in [1.54, 1.807) is 6.92 Å². The molecule has 0 fully saturated rings. The molecule has 1 atom stereocenters. The fourth-order valence-corrected chi connectivity index (χ4v) is 1.11. The van der Waals surface area contributed by atoms with Crippen molar-refractivity contribution in [1.29, 1.82) is 0 Å². The molecule has 0 N–H and O–H groups in total. The average Bonchev–Trinajstić information content (AvgIpc) is 2.26. The summed E-state index contributed by atoms with van der Waals surface area (Å²) in [6.07, 6.45) is -5.12. The van der Waals surface area contributed by atoms with Crippen LogP contribution in [0, 0.1) is 0 Å². The summed E-state index contributed by atoms with van der Waals surface area (Å²) in [4.78, 5) is 3.14. The maximum Gasteiger partial charge on any atom is 0.459 e. The topological polar surface area (TPSA) is 22.1 Å². The van der Waals surface area contributed by atoms with Crippen LogP contribution in [0.2, 0.25) is 0 Å². The zero-order valence-electron chi connectivity index (χ0n) is 9.05. The van der Waals surface area contributed by atoms with Gasteiger partial charge in [0.05, 0.1) is 6.10 Å². The van der Waals surface area contributed by atoms with Crippen molar-refractivity contribution in [2.24, 2.45) is 0 Å². The van der Waals surface area contributed by atoms with Crippen molar-refractivity contribution in [3.8, 4) is 0 Å². The Bertz CT molecular complexity index is 373. The molecule has 0 saturated carbocycles. The lowest BCUT2D eigenvalue weighted by Crippen LogP contribution is -2.34. The number of hydrogen-bond donors (Lipinski definition) is 0. The number of pyridine rings is 1. The third kappa shape index (κ3) is 2.71. The van der Waals surface area contributed by atoms with Crippen molar-refractivity contribution in [2.45, 2.75) is 25.1 Å². The summed E-state index contributed by atoms with van der Waals surface area (Å²) in [5.74, 6) is -4.94. The minimum atomic E-state index is -5.64. The summed E-state index contributed by atoms with van der Waals surface area (Å²) in [5.41, 5.74) is -0.897. The van der Waals surface area contributed by atoms with E-state index in [1.807, 2.05) is 0 Å². The van der Waals surface area contributed by atoms with Crippen LogP contribution in [0.3, 0.4) is 0 Å². The second-order valence-corrected chi connectivity index (χ2v) is 3.43. The van der Waals surface area contributed by atoms with Gasteiger partial charge in [0.25, 0.3) is 0 Å². The van der Waals surface area contributed by atoms with Crippen molar-refractivity contribution >= 4 is 0 Å². The number of halogens is 5. The van der Waals surface area contributed by atoms with Crippen molar-refractivity contribution in [1.82, 2.24) is 4.98 Å². The van der Waals surface area contributed by atoms with Crippen LogP contribution in [0.4, 0.5) is 22.0 Å². The van der Waals surface area contributed by atoms with Gasteiger partial charge in [-0.3, -0.25) is 4.98 Å². The Morgan fingerprint density at radius 1 is 1.18 bits per heavy atom. The Hall–Kier alpha value is -1.24. The van der Waals surface area contributed by atoms with Crippen LogP contribution in [0.1, 0.15) is 24.3 Å². The maximum atomic E-state index is 12.9. The van der Waals surface area contributed by atoms with Crippen LogP contribution in [0.15, 0.2) is 18.3 Å². The second kappa shape index (κ2) is 4.56. The van der Waals surface area contributed by atoms with Crippen molar-refractivity contribution in [2.75, 3.05) is 7.11 Å². The van der Waals surface area contributed by atoms with Crippen molar-refractivity contribution in [3.05, 3.63) is 29.6 Å². The SMILES string of the molecule is COC(C)c1ccc(C(F)(F)C(F)(F)F)nc1. The number of rotatable bonds is 3. The molecule has 1 rings (SSSR count). The van der Waals surface area contributed by atoms with Gasteiger partial charge in [0.1, 0.15) is 5.69 Å². The average molecular weight is 255 g/mol. The molecule has 0 aliphatic heterocycles. The lowest BCUT2D eigenvalue weighted by Gasteiger charge is -2.19. The lowest BCUT2D eigenvalue weighted by molar-refractivity contribution is -0.290. The third-order valence-electron chi connectivity index (χ3n) is 2.29. The molecule has 0 aliphatic rings. The normalized spacial score (nSPS) is 14.8. The molecule has 1 heterocycles. The molecule has 17 heavy (non-hydrogen) atoms. The number of ether oxygens (including phenoxy) is 1. The van der Waals surface area contributed by atoms with E-state index >= 15 is 0 Å². The van der Waals surface area contributed by atoms with Crippen LogP contribution in [0.25, 0.3) is 0 Å². The summed E-state index contributed by atoms with van der Waals surface area (Å²) in [6.45, 7) is 1.62. The monoisotopic (exact) mass is 255 g/mol. The highest BCUT2D eigenvalue weighted by Crippen LogP contribution is 2.42. The molecule has 0 amide bonds. The van der Waals surface area contributed by atoms with Crippen LogP contribution >= 0.6 is 0 Å². The van der Waals surface area contributed by atoms with Crippen LogP contribution < -0.4 is 0 Å². The quantitative estimate of drug-likeness (QED) is 0.772. The van der Waals surface area contributed by atoms with Gasteiger partial charge in [-0.05, 0) is 18.6 Å². The fourth-order valence-electron chi connectivity index (χ4n) is 1.11. The smallest absolute Gasteiger partial charge is 0.377 e. The van der Waals surface area contributed by atoms with E-state index in [0.717, 1.165) is 12.3 Å². The van der Waals surface area contributed by atoms with Crippen LogP contribution in [0.5, 0.6) is 0 Å². The molecule has 1 unspecified atom stereocenters. The fraction of sp³-hybridized carbons (Fsp3) is 0.500. The van der Waals surface area contributed by atoms with Crippen molar-refractivity contribution in [3.63, 3.8) is 0 Å². The summed E-state index contributed by atoms with van der Waals surface area (Å²) >= 11 is 0. The van der Waals surface area contributed by atoms with E-state index in [9.17, 15) is 22.0 Å². The largest absolute Gasteiger partial charge is 0.459 e. The highest BCUT2D eigenvalue weighted by molar-refractivity contribution is 5.20. The summed E-state index contributed by atoms with van der Waals surface area (Å²) in [5, 5.41) is 0. The number of alkyl halides is 5. The first-order chi connectivity index (χ1) is 7.70. The minimum Gasteiger partial charge on any atom is -0.377 e. The molecule has 96 valence electrons. The van der Waals surface area contributed by atoms with Gasteiger partial charge in [0.15, 0.2) is 0 Å². The van der Waals surface area contributed by atoms with E-state index < -0.39 is 23.9 Å². The number of aromatic nitrogens is 1. The Morgan fingerprint density at radius 2 is 1.76 bits per heavy atom. The lowest BCUT2D eigenvalue weighted by atomic mass is 10.1. The molecule has 0 aromatic carbocycles. The van der Waals surface area contributed by atoms with Gasteiger partial charge in [-0.2, -0.15) is 22.0 Å². The van der Waals surface area contributed by atoms with E-state index in [-0.39, 0.29) is 0 Å². The first kappa shape index (κ1) is 13.8. The number of nitrogens with zero attached hydrogens (tertiary/aromatic N) is 1. The third-order valence-corrected chi connectivity index (χ3v) is 2.29. The number of hydrogen-bond acceptors (Lipinski definition) is 2. The highest BCUT2D eigenvalue weighted by Gasteiger charge is 2.59. The van der Waals surface area contributed by atoms with E-state index in [2.05, 4.69) is 4.98 Å². The Labute approximate surface area is 94.4 Å². The predicted octanol–water partition coefficient (Wildman–Crippen LogP) is 3.44. The van der Waals surface area contributed by atoms with Gasteiger partial charge in [-0.15, -0.1) is 0 Å².